The van der Waals surface area contributed by atoms with Crippen molar-refractivity contribution in [1.82, 2.24) is 4.57 Å². The summed E-state index contributed by atoms with van der Waals surface area (Å²) in [6.45, 7) is 4.54. The molecule has 1 aliphatic carbocycles. The third kappa shape index (κ3) is 2.35. The molecule has 0 aromatic heterocycles. The van der Waals surface area contributed by atoms with Crippen molar-refractivity contribution in [3.05, 3.63) is 0 Å². The van der Waals surface area contributed by atoms with Crippen LogP contribution in [0, 0.1) is 11.8 Å². The standard InChI is InChI=1S/C12H25NO2Si/c1-14-16(3,15-2)13-9-8-11-6-4-5-7-12(11)10-13/h11-12H,4-10H2,1-3H3. The van der Waals surface area contributed by atoms with Gasteiger partial charge in [0.05, 0.1) is 0 Å². The van der Waals surface area contributed by atoms with E-state index in [2.05, 4.69) is 11.1 Å². The molecular formula is C12H25NO2Si. The Hall–Kier alpha value is 0.0969. The van der Waals surface area contributed by atoms with Crippen molar-refractivity contribution < 1.29 is 8.85 Å². The SMILES string of the molecule is CO[Si](C)(OC)N1CCC2CCCCC2C1. The Morgan fingerprint density at radius 3 is 2.25 bits per heavy atom. The number of fused-ring (bicyclic) bond motifs is 1. The van der Waals surface area contributed by atoms with Gasteiger partial charge in [-0.3, -0.25) is 4.57 Å². The molecule has 16 heavy (non-hydrogen) atoms. The van der Waals surface area contributed by atoms with Gasteiger partial charge in [-0.15, -0.1) is 0 Å². The normalized spacial score (nSPS) is 32.4. The van der Waals surface area contributed by atoms with Crippen LogP contribution in [0.15, 0.2) is 0 Å². The number of rotatable bonds is 3. The Balaban J connectivity index is 1.98. The van der Waals surface area contributed by atoms with Crippen LogP contribution in [0.4, 0.5) is 0 Å². The lowest BCUT2D eigenvalue weighted by Gasteiger charge is -2.45. The van der Waals surface area contributed by atoms with Crippen molar-refractivity contribution in [2.75, 3.05) is 27.3 Å². The highest BCUT2D eigenvalue weighted by molar-refractivity contribution is 6.63. The largest absolute Gasteiger partial charge is 0.424 e. The van der Waals surface area contributed by atoms with Gasteiger partial charge in [-0.2, -0.15) is 0 Å². The van der Waals surface area contributed by atoms with Gasteiger partial charge in [0.15, 0.2) is 0 Å². The monoisotopic (exact) mass is 243 g/mol. The van der Waals surface area contributed by atoms with Gasteiger partial charge in [-0.25, -0.2) is 0 Å². The maximum Gasteiger partial charge on any atom is 0.424 e. The molecule has 0 N–H and O–H groups in total. The van der Waals surface area contributed by atoms with E-state index in [4.69, 9.17) is 8.85 Å². The zero-order chi connectivity index (χ0) is 11.6. The molecule has 1 saturated heterocycles. The van der Waals surface area contributed by atoms with Gasteiger partial charge < -0.3 is 8.85 Å². The second-order valence-corrected chi connectivity index (χ2v) is 8.59. The lowest BCUT2D eigenvalue weighted by atomic mass is 9.76. The number of hydrogen-bond donors (Lipinski definition) is 0. The minimum absolute atomic E-state index is 0.902. The summed E-state index contributed by atoms with van der Waals surface area (Å²) in [5, 5.41) is 0. The molecule has 2 aliphatic rings. The summed E-state index contributed by atoms with van der Waals surface area (Å²) >= 11 is 0. The summed E-state index contributed by atoms with van der Waals surface area (Å²) in [6.07, 6.45) is 7.09. The summed E-state index contributed by atoms with van der Waals surface area (Å²) in [4.78, 5) is 0. The van der Waals surface area contributed by atoms with Gasteiger partial charge >= 0.3 is 8.72 Å². The first-order chi connectivity index (χ1) is 7.69. The second-order valence-electron chi connectivity index (χ2n) is 5.35. The highest BCUT2D eigenvalue weighted by Crippen LogP contribution is 2.37. The summed E-state index contributed by atoms with van der Waals surface area (Å²) in [6, 6.07) is 0. The van der Waals surface area contributed by atoms with Gasteiger partial charge in [0, 0.05) is 14.2 Å². The van der Waals surface area contributed by atoms with E-state index in [9.17, 15) is 0 Å². The topological polar surface area (TPSA) is 21.7 Å². The molecule has 2 unspecified atom stereocenters. The van der Waals surface area contributed by atoms with Crippen LogP contribution in [-0.2, 0) is 8.85 Å². The summed E-state index contributed by atoms with van der Waals surface area (Å²) in [7, 11) is 1.55. The van der Waals surface area contributed by atoms with E-state index in [1.807, 2.05) is 0 Å². The maximum atomic E-state index is 5.65. The molecule has 1 heterocycles. The van der Waals surface area contributed by atoms with Crippen LogP contribution in [0.25, 0.3) is 0 Å². The molecule has 0 spiro atoms. The number of piperidine rings is 1. The second kappa shape index (κ2) is 5.17. The van der Waals surface area contributed by atoms with Gasteiger partial charge in [0.1, 0.15) is 0 Å². The molecule has 0 aromatic rings. The predicted octanol–water partition coefficient (Wildman–Crippen LogP) is 2.36. The Kier molecular flexibility index (Phi) is 4.05. The first kappa shape index (κ1) is 12.6. The molecule has 0 radical (unpaired) electrons. The van der Waals surface area contributed by atoms with E-state index in [0.717, 1.165) is 11.8 Å². The van der Waals surface area contributed by atoms with Crippen molar-refractivity contribution in [3.8, 4) is 0 Å². The van der Waals surface area contributed by atoms with Gasteiger partial charge in [0.25, 0.3) is 0 Å². The summed E-state index contributed by atoms with van der Waals surface area (Å²) < 4.78 is 13.8. The molecule has 4 heteroatoms. The summed E-state index contributed by atoms with van der Waals surface area (Å²) in [5.74, 6) is 1.89. The molecule has 2 rings (SSSR count). The smallest absolute Gasteiger partial charge is 0.386 e. The first-order valence-corrected chi connectivity index (χ1v) is 8.81. The predicted molar refractivity (Wildman–Crippen MR) is 67.3 cm³/mol. The number of nitrogens with zero attached hydrogens (tertiary/aromatic N) is 1. The quantitative estimate of drug-likeness (QED) is 0.710. The maximum absolute atomic E-state index is 5.65. The van der Waals surface area contributed by atoms with Crippen LogP contribution < -0.4 is 0 Å². The lowest BCUT2D eigenvalue weighted by Crippen LogP contribution is -2.59. The minimum atomic E-state index is -2.04. The van der Waals surface area contributed by atoms with Crippen LogP contribution in [0.5, 0.6) is 0 Å². The van der Waals surface area contributed by atoms with E-state index >= 15 is 0 Å². The molecule has 0 amide bonds. The minimum Gasteiger partial charge on any atom is -0.386 e. The van der Waals surface area contributed by atoms with E-state index < -0.39 is 8.72 Å². The molecule has 0 bridgehead atoms. The molecule has 2 atom stereocenters. The van der Waals surface area contributed by atoms with Crippen LogP contribution >= 0.6 is 0 Å². The Morgan fingerprint density at radius 1 is 1.00 bits per heavy atom. The molecule has 1 saturated carbocycles. The van der Waals surface area contributed by atoms with Crippen molar-refractivity contribution >= 4 is 8.72 Å². The van der Waals surface area contributed by atoms with E-state index in [0.29, 0.717) is 0 Å². The van der Waals surface area contributed by atoms with Crippen molar-refractivity contribution in [3.63, 3.8) is 0 Å². The zero-order valence-electron chi connectivity index (χ0n) is 10.9. The molecule has 94 valence electrons. The molecule has 2 fully saturated rings. The van der Waals surface area contributed by atoms with E-state index in [1.165, 1.54) is 45.2 Å². The molecule has 3 nitrogen and oxygen atoms in total. The summed E-state index contributed by atoms with van der Waals surface area (Å²) in [5.41, 5.74) is 0. The van der Waals surface area contributed by atoms with Crippen LogP contribution in [0.1, 0.15) is 32.1 Å². The Bertz CT molecular complexity index is 233. The van der Waals surface area contributed by atoms with Crippen LogP contribution in [-0.4, -0.2) is 40.6 Å². The van der Waals surface area contributed by atoms with Crippen molar-refractivity contribution in [2.24, 2.45) is 11.8 Å². The lowest BCUT2D eigenvalue weighted by molar-refractivity contribution is 0.0838. The average Bonchev–Trinajstić information content (AvgIpc) is 2.37. The highest BCUT2D eigenvalue weighted by atomic mass is 28.4. The molecule has 0 aromatic carbocycles. The third-order valence-corrected chi connectivity index (χ3v) is 7.69. The first-order valence-electron chi connectivity index (χ1n) is 6.55. The Morgan fingerprint density at radius 2 is 1.62 bits per heavy atom. The zero-order valence-corrected chi connectivity index (χ0v) is 11.9. The third-order valence-electron chi connectivity index (χ3n) is 4.62. The van der Waals surface area contributed by atoms with E-state index in [1.54, 1.807) is 14.2 Å². The van der Waals surface area contributed by atoms with Gasteiger partial charge in [-0.1, -0.05) is 19.3 Å². The van der Waals surface area contributed by atoms with Crippen LogP contribution in [0.2, 0.25) is 6.55 Å². The fourth-order valence-corrected chi connectivity index (χ4v) is 5.10. The molecular weight excluding hydrogens is 218 g/mol. The van der Waals surface area contributed by atoms with Crippen LogP contribution in [0.3, 0.4) is 0 Å². The molecule has 1 aliphatic heterocycles. The fourth-order valence-electron chi connectivity index (χ4n) is 3.31. The van der Waals surface area contributed by atoms with Gasteiger partial charge in [-0.05, 0) is 44.3 Å². The Labute approximate surface area is 100 Å². The van der Waals surface area contributed by atoms with Crippen molar-refractivity contribution in [1.29, 1.82) is 0 Å². The highest BCUT2D eigenvalue weighted by Gasteiger charge is 2.43. The van der Waals surface area contributed by atoms with E-state index in [-0.39, 0.29) is 0 Å². The fraction of sp³-hybridized carbons (Fsp3) is 1.00. The van der Waals surface area contributed by atoms with Crippen molar-refractivity contribution in [2.45, 2.75) is 38.7 Å². The van der Waals surface area contributed by atoms with Gasteiger partial charge in [0.2, 0.25) is 0 Å². The average molecular weight is 243 g/mol. The number of hydrogen-bond acceptors (Lipinski definition) is 3.